The first-order chi connectivity index (χ1) is 23.7. The van der Waals surface area contributed by atoms with E-state index in [0.717, 1.165) is 32.6 Å². The van der Waals surface area contributed by atoms with E-state index >= 15 is 0 Å². The van der Waals surface area contributed by atoms with Crippen molar-refractivity contribution in [1.82, 2.24) is 14.5 Å². The molecule has 0 unspecified atom stereocenters. The fourth-order valence-electron chi connectivity index (χ4n) is 7.09. The molecule has 0 atom stereocenters. The van der Waals surface area contributed by atoms with Crippen LogP contribution < -0.4 is 20.7 Å². The number of para-hydroxylation sites is 2. The molecule has 0 aliphatic rings. The highest BCUT2D eigenvalue weighted by Crippen LogP contribution is 2.32. The van der Waals surface area contributed by atoms with Gasteiger partial charge in [-0.2, -0.15) is 10.5 Å². The molecular weight excluding hydrogens is 603 g/mol. The number of aromatic nitrogens is 3. The molecule has 2 heterocycles. The summed E-state index contributed by atoms with van der Waals surface area (Å²) < 4.78 is 1.94. The van der Waals surface area contributed by atoms with Crippen molar-refractivity contribution in [2.75, 3.05) is 0 Å². The first-order valence-electron chi connectivity index (χ1n) is 15.7. The van der Waals surface area contributed by atoms with E-state index in [4.69, 9.17) is 9.97 Å². The van der Waals surface area contributed by atoms with Crippen LogP contribution >= 0.6 is 0 Å². The third kappa shape index (κ3) is 4.52. The monoisotopic (exact) mass is 629 g/mol. The van der Waals surface area contributed by atoms with Crippen LogP contribution in [0.3, 0.4) is 0 Å². The molecule has 0 bridgehead atoms. The van der Waals surface area contributed by atoms with Crippen molar-refractivity contribution >= 4 is 50.6 Å². The predicted octanol–water partition coefficient (Wildman–Crippen LogP) is 6.36. The van der Waals surface area contributed by atoms with Crippen LogP contribution in [0.1, 0.15) is 11.4 Å². The van der Waals surface area contributed by atoms with Gasteiger partial charge in [0, 0.05) is 10.8 Å². The van der Waals surface area contributed by atoms with Gasteiger partial charge in [-0.25, -0.2) is 9.97 Å². The van der Waals surface area contributed by atoms with E-state index in [1.807, 2.05) is 71.3 Å². The number of fused-ring (bicyclic) bond motifs is 3. The predicted molar refractivity (Wildman–Crippen MR) is 195 cm³/mol. The summed E-state index contributed by atoms with van der Waals surface area (Å²) in [4.78, 5) is 9.67. The van der Waals surface area contributed by atoms with E-state index in [0.29, 0.717) is 11.5 Å². The lowest BCUT2D eigenvalue weighted by molar-refractivity contribution is 0.971. The van der Waals surface area contributed by atoms with Gasteiger partial charge in [0.2, 0.25) is 5.95 Å². The van der Waals surface area contributed by atoms with Crippen LogP contribution in [0.2, 0.25) is 0 Å². The van der Waals surface area contributed by atoms with Crippen molar-refractivity contribution in [2.24, 2.45) is 0 Å². The van der Waals surface area contributed by atoms with Crippen molar-refractivity contribution in [3.05, 3.63) is 175 Å². The lowest BCUT2D eigenvalue weighted by Gasteiger charge is -2.34. The maximum atomic E-state index is 10.6. The summed E-state index contributed by atoms with van der Waals surface area (Å²) in [5, 5.41) is 28.1. The zero-order valence-corrected chi connectivity index (χ0v) is 26.8. The molecule has 0 saturated heterocycles. The Morgan fingerprint density at radius 3 is 1.33 bits per heavy atom. The molecule has 0 amide bonds. The number of benzene rings is 6. The Morgan fingerprint density at radius 2 is 0.875 bits per heavy atom. The Labute approximate surface area is 279 Å². The maximum Gasteiger partial charge on any atom is 0.237 e. The molecule has 224 valence electrons. The molecule has 0 aliphatic carbocycles. The van der Waals surface area contributed by atoms with E-state index in [-0.39, 0.29) is 11.4 Å². The third-order valence-electron chi connectivity index (χ3n) is 9.09. The topological polar surface area (TPSA) is 78.3 Å². The molecule has 48 heavy (non-hydrogen) atoms. The summed E-state index contributed by atoms with van der Waals surface area (Å²) in [6, 6.07) is 61.0. The summed E-state index contributed by atoms with van der Waals surface area (Å²) in [5.41, 5.74) is 3.29. The highest BCUT2D eigenvalue weighted by atomic mass is 28.3. The van der Waals surface area contributed by atoms with Crippen molar-refractivity contribution in [3.8, 4) is 29.2 Å². The summed E-state index contributed by atoms with van der Waals surface area (Å²) in [6.07, 6.45) is 0. The molecule has 0 N–H and O–H groups in total. The van der Waals surface area contributed by atoms with E-state index < -0.39 is 8.07 Å². The van der Waals surface area contributed by atoms with Crippen molar-refractivity contribution in [2.45, 2.75) is 0 Å². The van der Waals surface area contributed by atoms with Gasteiger partial charge in [0.15, 0.2) is 19.5 Å². The molecule has 2 aromatic heterocycles. The Hall–Kier alpha value is -6.60. The number of nitriles is 2. The maximum absolute atomic E-state index is 10.6. The van der Waals surface area contributed by atoms with E-state index in [9.17, 15) is 10.5 Å². The molecule has 8 rings (SSSR count). The molecule has 0 aliphatic heterocycles. The fraction of sp³-hybridized carbons (Fsp3) is 0. The molecule has 8 aromatic rings. The normalized spacial score (nSPS) is 11.3. The molecule has 0 spiro atoms. The fourth-order valence-corrected chi connectivity index (χ4v) is 11.9. The molecule has 6 heteroatoms. The molecular formula is C42H27N5Si. The second-order valence-electron chi connectivity index (χ2n) is 11.6. The Morgan fingerprint density at radius 1 is 0.458 bits per heavy atom. The second-order valence-corrected chi connectivity index (χ2v) is 15.4. The largest absolute Gasteiger partial charge is 0.278 e. The molecule has 5 nitrogen and oxygen atoms in total. The van der Waals surface area contributed by atoms with Crippen LogP contribution in [0.4, 0.5) is 0 Å². The number of nitrogens with zero attached hydrogens (tertiary/aromatic N) is 5. The number of hydrogen-bond donors (Lipinski definition) is 0. The van der Waals surface area contributed by atoms with Crippen LogP contribution in [-0.4, -0.2) is 22.6 Å². The first-order valence-corrected chi connectivity index (χ1v) is 17.7. The zero-order valence-electron chi connectivity index (χ0n) is 25.8. The lowest BCUT2D eigenvalue weighted by Crippen LogP contribution is -2.74. The van der Waals surface area contributed by atoms with Gasteiger partial charge in [-0.15, -0.1) is 0 Å². The van der Waals surface area contributed by atoms with E-state index in [1.165, 1.54) is 15.6 Å². The standard InChI is InChI=1S/C42H27N5Si/c43-28-37-41(38(29-44)46-42(45-37)47-39-25-12-10-23-35(39)36-24-11-13-26-40(36)47)30-15-14-22-34(27-30)48(31-16-4-1-5-17-31,32-18-6-2-7-19-32)33-20-8-3-9-21-33/h1-27H. The highest BCUT2D eigenvalue weighted by molar-refractivity contribution is 7.19. The van der Waals surface area contributed by atoms with Crippen LogP contribution in [0.15, 0.2) is 164 Å². The summed E-state index contributed by atoms with van der Waals surface area (Å²) in [5.74, 6) is 0.294. The summed E-state index contributed by atoms with van der Waals surface area (Å²) >= 11 is 0. The summed E-state index contributed by atoms with van der Waals surface area (Å²) in [7, 11) is -2.85. The van der Waals surface area contributed by atoms with E-state index in [2.05, 4.69) is 109 Å². The van der Waals surface area contributed by atoms with Crippen molar-refractivity contribution < 1.29 is 0 Å². The Balaban J connectivity index is 1.39. The van der Waals surface area contributed by atoms with E-state index in [1.54, 1.807) is 0 Å². The Bertz CT molecular complexity index is 2340. The average Bonchev–Trinajstić information content (AvgIpc) is 3.50. The van der Waals surface area contributed by atoms with Crippen LogP contribution in [0.5, 0.6) is 0 Å². The molecule has 0 radical (unpaired) electrons. The van der Waals surface area contributed by atoms with Crippen molar-refractivity contribution in [3.63, 3.8) is 0 Å². The quantitative estimate of drug-likeness (QED) is 0.158. The first kappa shape index (κ1) is 28.8. The SMILES string of the molecule is N#Cc1nc(-n2c3ccccc3c3ccccc32)nc(C#N)c1-c1cccc([Si](c2ccccc2)(c2ccccc2)c2ccccc2)c1. The van der Waals surface area contributed by atoms with Gasteiger partial charge in [-0.1, -0.05) is 152 Å². The second kappa shape index (κ2) is 12.0. The van der Waals surface area contributed by atoms with Gasteiger partial charge >= 0.3 is 0 Å². The summed E-state index contributed by atoms with van der Waals surface area (Å²) in [6.45, 7) is 0. The van der Waals surface area contributed by atoms with Gasteiger partial charge in [-0.05, 0) is 38.4 Å². The molecule has 6 aromatic carbocycles. The van der Waals surface area contributed by atoms with Gasteiger partial charge < -0.3 is 0 Å². The van der Waals surface area contributed by atoms with Gasteiger partial charge in [0.1, 0.15) is 12.1 Å². The van der Waals surface area contributed by atoms with Gasteiger partial charge in [0.25, 0.3) is 0 Å². The molecule has 0 saturated carbocycles. The average molecular weight is 630 g/mol. The number of rotatable bonds is 6. The van der Waals surface area contributed by atoms with Crippen LogP contribution in [0.25, 0.3) is 38.9 Å². The zero-order chi connectivity index (χ0) is 32.5. The van der Waals surface area contributed by atoms with Crippen LogP contribution in [0, 0.1) is 22.7 Å². The smallest absolute Gasteiger partial charge is 0.237 e. The number of hydrogen-bond acceptors (Lipinski definition) is 4. The van der Waals surface area contributed by atoms with Gasteiger partial charge in [-0.3, -0.25) is 4.57 Å². The lowest BCUT2D eigenvalue weighted by atomic mass is 10.0. The minimum absolute atomic E-state index is 0.155. The minimum Gasteiger partial charge on any atom is -0.278 e. The molecule has 0 fully saturated rings. The van der Waals surface area contributed by atoms with Crippen LogP contribution in [-0.2, 0) is 0 Å². The Kier molecular flexibility index (Phi) is 7.19. The highest BCUT2D eigenvalue weighted by Gasteiger charge is 2.41. The van der Waals surface area contributed by atoms with Gasteiger partial charge in [0.05, 0.1) is 16.6 Å². The third-order valence-corrected chi connectivity index (χ3v) is 13.9. The minimum atomic E-state index is -2.85. The van der Waals surface area contributed by atoms with Crippen molar-refractivity contribution in [1.29, 1.82) is 10.5 Å².